The summed E-state index contributed by atoms with van der Waals surface area (Å²) in [5.74, 6) is -0.144. The number of nitrogens with zero attached hydrogens (tertiary/aromatic N) is 1. The van der Waals surface area contributed by atoms with Crippen molar-refractivity contribution in [3.8, 4) is 0 Å². The predicted molar refractivity (Wildman–Crippen MR) is 79.8 cm³/mol. The van der Waals surface area contributed by atoms with E-state index in [2.05, 4.69) is 31.0 Å². The molecule has 0 radical (unpaired) electrons. The van der Waals surface area contributed by atoms with Gasteiger partial charge in [-0.1, -0.05) is 13.8 Å². The van der Waals surface area contributed by atoms with Gasteiger partial charge in [0.05, 0.1) is 19.3 Å². The van der Waals surface area contributed by atoms with E-state index in [0.717, 1.165) is 32.5 Å². The van der Waals surface area contributed by atoms with Gasteiger partial charge in [0.25, 0.3) is 0 Å². The Labute approximate surface area is 123 Å². The number of carbonyl (C=O) groups is 1. The van der Waals surface area contributed by atoms with Crippen LogP contribution in [-0.4, -0.2) is 61.9 Å². The first-order valence-electron chi connectivity index (χ1n) is 7.87. The average Bonchev–Trinajstić information content (AvgIpc) is 2.43. The monoisotopic (exact) mass is 286 g/mol. The summed E-state index contributed by atoms with van der Waals surface area (Å²) in [6.07, 6.45) is 2.27. The number of nitrogens with one attached hydrogen (secondary N) is 1. The molecule has 118 valence electrons. The van der Waals surface area contributed by atoms with E-state index < -0.39 is 0 Å². The van der Waals surface area contributed by atoms with Gasteiger partial charge in [-0.15, -0.1) is 0 Å². The molecule has 1 rings (SSSR count). The highest BCUT2D eigenvalue weighted by atomic mass is 16.5. The smallest absolute Gasteiger partial charge is 0.324 e. The maximum absolute atomic E-state index is 12.1. The van der Waals surface area contributed by atoms with Gasteiger partial charge in [-0.25, -0.2) is 0 Å². The van der Waals surface area contributed by atoms with Crippen molar-refractivity contribution >= 4 is 5.97 Å². The Morgan fingerprint density at radius 3 is 2.80 bits per heavy atom. The Morgan fingerprint density at radius 2 is 2.20 bits per heavy atom. The third kappa shape index (κ3) is 5.38. The zero-order valence-electron chi connectivity index (χ0n) is 13.4. The Morgan fingerprint density at radius 1 is 1.45 bits per heavy atom. The molecule has 0 saturated carbocycles. The molecule has 5 heteroatoms. The van der Waals surface area contributed by atoms with Crippen molar-refractivity contribution in [2.45, 2.75) is 58.7 Å². The molecule has 3 atom stereocenters. The second-order valence-corrected chi connectivity index (χ2v) is 5.42. The number of carbonyl (C=O) groups excluding carboxylic acids is 1. The Balaban J connectivity index is 2.62. The maximum atomic E-state index is 12.1. The van der Waals surface area contributed by atoms with Crippen LogP contribution in [0.2, 0.25) is 0 Å². The van der Waals surface area contributed by atoms with Crippen molar-refractivity contribution in [2.75, 3.05) is 32.8 Å². The summed E-state index contributed by atoms with van der Waals surface area (Å²) < 4.78 is 10.9. The highest BCUT2D eigenvalue weighted by Gasteiger charge is 2.30. The highest BCUT2D eigenvalue weighted by molar-refractivity contribution is 5.76. The molecular formula is C15H30N2O3. The third-order valence-corrected chi connectivity index (χ3v) is 3.68. The summed E-state index contributed by atoms with van der Waals surface area (Å²) in [4.78, 5) is 14.4. The van der Waals surface area contributed by atoms with Crippen LogP contribution >= 0.6 is 0 Å². The Bertz CT molecular complexity index is 286. The molecule has 20 heavy (non-hydrogen) atoms. The molecule has 3 unspecified atom stereocenters. The van der Waals surface area contributed by atoms with E-state index in [9.17, 15) is 4.79 Å². The summed E-state index contributed by atoms with van der Waals surface area (Å²) in [6.45, 7) is 11.8. The minimum atomic E-state index is -0.241. The second kappa shape index (κ2) is 9.32. The van der Waals surface area contributed by atoms with Gasteiger partial charge >= 0.3 is 5.97 Å². The number of rotatable bonds is 8. The summed E-state index contributed by atoms with van der Waals surface area (Å²) in [5, 5.41) is 3.30. The zero-order valence-corrected chi connectivity index (χ0v) is 13.4. The van der Waals surface area contributed by atoms with Crippen molar-refractivity contribution in [3.63, 3.8) is 0 Å². The number of ether oxygens (including phenoxy) is 2. The predicted octanol–water partition coefficient (Wildman–Crippen LogP) is 1.42. The molecule has 1 N–H and O–H groups in total. The van der Waals surface area contributed by atoms with Gasteiger partial charge in [0, 0.05) is 19.1 Å². The van der Waals surface area contributed by atoms with Crippen LogP contribution in [-0.2, 0) is 14.3 Å². The fourth-order valence-electron chi connectivity index (χ4n) is 2.53. The first kappa shape index (κ1) is 17.4. The average molecular weight is 286 g/mol. The molecule has 0 amide bonds. The minimum absolute atomic E-state index is 0.144. The number of hydrogen-bond donors (Lipinski definition) is 1. The maximum Gasteiger partial charge on any atom is 0.324 e. The Kier molecular flexibility index (Phi) is 8.11. The van der Waals surface area contributed by atoms with E-state index in [1.54, 1.807) is 0 Å². The number of morpholine rings is 1. The topological polar surface area (TPSA) is 50.8 Å². The molecule has 1 heterocycles. The SMILES string of the molecule is CCCNC(CN1CC(C)OCC1CC)C(=O)OCC. The summed E-state index contributed by atoms with van der Waals surface area (Å²) in [5.41, 5.74) is 0. The normalized spacial score (nSPS) is 25.4. The lowest BCUT2D eigenvalue weighted by Gasteiger charge is -2.39. The molecule has 0 aromatic carbocycles. The van der Waals surface area contributed by atoms with Crippen LogP contribution in [0.5, 0.6) is 0 Å². The lowest BCUT2D eigenvalue weighted by molar-refractivity contribution is -0.147. The van der Waals surface area contributed by atoms with Crippen LogP contribution in [0.15, 0.2) is 0 Å². The van der Waals surface area contributed by atoms with Crippen molar-refractivity contribution in [2.24, 2.45) is 0 Å². The van der Waals surface area contributed by atoms with E-state index in [0.29, 0.717) is 19.2 Å². The Hall–Kier alpha value is -0.650. The van der Waals surface area contributed by atoms with E-state index in [-0.39, 0.29) is 18.1 Å². The van der Waals surface area contributed by atoms with E-state index in [1.165, 1.54) is 0 Å². The van der Waals surface area contributed by atoms with Crippen molar-refractivity contribution in [3.05, 3.63) is 0 Å². The molecule has 0 bridgehead atoms. The van der Waals surface area contributed by atoms with Crippen LogP contribution in [0.1, 0.15) is 40.5 Å². The van der Waals surface area contributed by atoms with Gasteiger partial charge in [-0.05, 0) is 33.2 Å². The fourth-order valence-corrected chi connectivity index (χ4v) is 2.53. The molecule has 1 saturated heterocycles. The standard InChI is InChI=1S/C15H30N2O3/c1-5-8-16-14(15(18)19-7-3)10-17-9-12(4)20-11-13(17)6-2/h12-14,16H,5-11H2,1-4H3. The molecule has 0 spiro atoms. The van der Waals surface area contributed by atoms with E-state index in [1.807, 2.05) is 6.92 Å². The second-order valence-electron chi connectivity index (χ2n) is 5.42. The van der Waals surface area contributed by atoms with Crippen molar-refractivity contribution in [1.82, 2.24) is 10.2 Å². The van der Waals surface area contributed by atoms with Gasteiger partial charge < -0.3 is 14.8 Å². The molecule has 1 fully saturated rings. The van der Waals surface area contributed by atoms with Gasteiger partial charge in [-0.2, -0.15) is 0 Å². The molecule has 0 aliphatic carbocycles. The first-order valence-corrected chi connectivity index (χ1v) is 7.87. The third-order valence-electron chi connectivity index (χ3n) is 3.68. The fraction of sp³-hybridized carbons (Fsp3) is 0.933. The van der Waals surface area contributed by atoms with E-state index in [4.69, 9.17) is 9.47 Å². The lowest BCUT2D eigenvalue weighted by Crippen LogP contribution is -2.55. The van der Waals surface area contributed by atoms with Crippen LogP contribution in [0.3, 0.4) is 0 Å². The van der Waals surface area contributed by atoms with Crippen LogP contribution in [0.25, 0.3) is 0 Å². The molecule has 1 aliphatic rings. The van der Waals surface area contributed by atoms with Gasteiger partial charge in [0.15, 0.2) is 0 Å². The quantitative estimate of drug-likeness (QED) is 0.684. The number of hydrogen-bond acceptors (Lipinski definition) is 5. The summed E-state index contributed by atoms with van der Waals surface area (Å²) >= 11 is 0. The van der Waals surface area contributed by atoms with Crippen molar-refractivity contribution in [1.29, 1.82) is 0 Å². The molecule has 0 aromatic heterocycles. The largest absolute Gasteiger partial charge is 0.465 e. The molecule has 5 nitrogen and oxygen atoms in total. The zero-order chi connectivity index (χ0) is 15.0. The summed E-state index contributed by atoms with van der Waals surface area (Å²) in [7, 11) is 0. The number of esters is 1. The van der Waals surface area contributed by atoms with E-state index >= 15 is 0 Å². The van der Waals surface area contributed by atoms with Crippen LogP contribution in [0.4, 0.5) is 0 Å². The molecular weight excluding hydrogens is 256 g/mol. The lowest BCUT2D eigenvalue weighted by atomic mass is 10.1. The highest BCUT2D eigenvalue weighted by Crippen LogP contribution is 2.15. The van der Waals surface area contributed by atoms with Crippen LogP contribution < -0.4 is 5.32 Å². The van der Waals surface area contributed by atoms with Crippen molar-refractivity contribution < 1.29 is 14.3 Å². The van der Waals surface area contributed by atoms with Gasteiger partial charge in [0.2, 0.25) is 0 Å². The van der Waals surface area contributed by atoms with Gasteiger partial charge in [-0.3, -0.25) is 9.69 Å². The van der Waals surface area contributed by atoms with Crippen LogP contribution in [0, 0.1) is 0 Å². The minimum Gasteiger partial charge on any atom is -0.465 e. The molecule has 1 aliphatic heterocycles. The first-order chi connectivity index (χ1) is 9.62. The van der Waals surface area contributed by atoms with Gasteiger partial charge in [0.1, 0.15) is 6.04 Å². The summed E-state index contributed by atoms with van der Waals surface area (Å²) in [6, 6.07) is 0.154. The molecule has 0 aromatic rings.